The molecule has 1 amide bonds. The monoisotopic (exact) mass is 203 g/mol. The highest BCUT2D eigenvalue weighted by molar-refractivity contribution is 5.75. The van der Waals surface area contributed by atoms with Crippen LogP contribution in [0.3, 0.4) is 0 Å². The van der Waals surface area contributed by atoms with Gasteiger partial charge >= 0.3 is 0 Å². The molecule has 1 aliphatic carbocycles. The van der Waals surface area contributed by atoms with Crippen LogP contribution in [0.15, 0.2) is 18.2 Å². The first-order chi connectivity index (χ1) is 7.20. The van der Waals surface area contributed by atoms with Gasteiger partial charge in [-0.1, -0.05) is 25.1 Å². The molecule has 0 spiro atoms. The summed E-state index contributed by atoms with van der Waals surface area (Å²) in [5, 5.41) is 0. The molecule has 0 fully saturated rings. The van der Waals surface area contributed by atoms with E-state index in [-0.39, 0.29) is 5.91 Å². The van der Waals surface area contributed by atoms with Crippen LogP contribution < -0.4 is 5.73 Å². The summed E-state index contributed by atoms with van der Waals surface area (Å²) < 4.78 is 0. The molecule has 0 heterocycles. The smallest absolute Gasteiger partial charge is 0.218 e. The lowest BCUT2D eigenvalue weighted by Gasteiger charge is -2.10. The fourth-order valence-electron chi connectivity index (χ4n) is 2.41. The van der Waals surface area contributed by atoms with E-state index in [1.807, 2.05) is 0 Å². The highest BCUT2D eigenvalue weighted by Gasteiger charge is 2.23. The summed E-state index contributed by atoms with van der Waals surface area (Å²) in [6.07, 6.45) is 3.72. The third kappa shape index (κ3) is 2.04. The van der Waals surface area contributed by atoms with Gasteiger partial charge in [0.05, 0.1) is 0 Å². The van der Waals surface area contributed by atoms with E-state index in [0.29, 0.717) is 12.3 Å². The minimum absolute atomic E-state index is 0.185. The maximum atomic E-state index is 10.9. The van der Waals surface area contributed by atoms with E-state index in [2.05, 4.69) is 25.1 Å². The Morgan fingerprint density at radius 2 is 2.33 bits per heavy atom. The molecule has 15 heavy (non-hydrogen) atoms. The summed E-state index contributed by atoms with van der Waals surface area (Å²) in [7, 11) is 0. The van der Waals surface area contributed by atoms with E-state index in [1.54, 1.807) is 0 Å². The number of aryl methyl sites for hydroxylation is 2. The molecular weight excluding hydrogens is 186 g/mol. The van der Waals surface area contributed by atoms with Crippen molar-refractivity contribution in [3.05, 3.63) is 34.9 Å². The quantitative estimate of drug-likeness (QED) is 0.803. The standard InChI is InChI=1S/C13H17NO/c1-2-9-3-4-10-5-6-11(8-13(14)15)12(10)7-9/h3-4,7,11H,2,5-6,8H2,1H3,(H2,14,15). The zero-order valence-corrected chi connectivity index (χ0v) is 9.12. The minimum Gasteiger partial charge on any atom is -0.370 e. The molecule has 1 aromatic rings. The molecule has 1 aromatic carbocycles. The SMILES string of the molecule is CCc1ccc2c(c1)C(CC(N)=O)CC2. The summed E-state index contributed by atoms with van der Waals surface area (Å²) in [6.45, 7) is 2.15. The molecule has 80 valence electrons. The van der Waals surface area contributed by atoms with E-state index in [1.165, 1.54) is 16.7 Å². The summed E-state index contributed by atoms with van der Waals surface area (Å²) in [4.78, 5) is 10.9. The van der Waals surface area contributed by atoms with Crippen LogP contribution in [0, 0.1) is 0 Å². The number of nitrogens with two attached hydrogens (primary N) is 1. The van der Waals surface area contributed by atoms with Crippen LogP contribution in [-0.2, 0) is 17.6 Å². The highest BCUT2D eigenvalue weighted by atomic mass is 16.1. The molecule has 1 unspecified atom stereocenters. The maximum absolute atomic E-state index is 10.9. The average molecular weight is 203 g/mol. The first-order valence-corrected chi connectivity index (χ1v) is 5.60. The van der Waals surface area contributed by atoms with Crippen molar-refractivity contribution < 1.29 is 4.79 Å². The lowest BCUT2D eigenvalue weighted by atomic mass is 9.95. The number of amides is 1. The Kier molecular flexibility index (Phi) is 2.76. The van der Waals surface area contributed by atoms with Gasteiger partial charge in [0.25, 0.3) is 0 Å². The molecular formula is C13H17NO. The van der Waals surface area contributed by atoms with Crippen LogP contribution in [0.5, 0.6) is 0 Å². The minimum atomic E-state index is -0.185. The fraction of sp³-hybridized carbons (Fsp3) is 0.462. The lowest BCUT2D eigenvalue weighted by Crippen LogP contribution is -2.14. The normalized spacial score (nSPS) is 18.9. The van der Waals surface area contributed by atoms with Crippen molar-refractivity contribution in [3.63, 3.8) is 0 Å². The van der Waals surface area contributed by atoms with Crippen molar-refractivity contribution in [1.82, 2.24) is 0 Å². The van der Waals surface area contributed by atoms with Gasteiger partial charge < -0.3 is 5.73 Å². The van der Waals surface area contributed by atoms with Gasteiger partial charge in [-0.25, -0.2) is 0 Å². The zero-order valence-electron chi connectivity index (χ0n) is 9.12. The molecule has 0 radical (unpaired) electrons. The summed E-state index contributed by atoms with van der Waals surface area (Å²) >= 11 is 0. The average Bonchev–Trinajstić information content (AvgIpc) is 2.60. The third-order valence-corrected chi connectivity index (χ3v) is 3.27. The fourth-order valence-corrected chi connectivity index (χ4v) is 2.41. The highest BCUT2D eigenvalue weighted by Crippen LogP contribution is 2.35. The van der Waals surface area contributed by atoms with E-state index in [4.69, 9.17) is 5.73 Å². The van der Waals surface area contributed by atoms with Crippen LogP contribution in [-0.4, -0.2) is 5.91 Å². The Morgan fingerprint density at radius 1 is 1.53 bits per heavy atom. The molecule has 2 N–H and O–H groups in total. The van der Waals surface area contributed by atoms with E-state index in [0.717, 1.165) is 19.3 Å². The number of hydrogen-bond donors (Lipinski definition) is 1. The Labute approximate surface area is 90.5 Å². The van der Waals surface area contributed by atoms with Gasteiger partial charge in [0, 0.05) is 6.42 Å². The van der Waals surface area contributed by atoms with Gasteiger partial charge in [-0.3, -0.25) is 4.79 Å². The molecule has 2 nitrogen and oxygen atoms in total. The second-order valence-electron chi connectivity index (χ2n) is 4.29. The van der Waals surface area contributed by atoms with Gasteiger partial charge in [0.15, 0.2) is 0 Å². The van der Waals surface area contributed by atoms with Gasteiger partial charge in [-0.05, 0) is 41.9 Å². The summed E-state index contributed by atoms with van der Waals surface area (Å²) in [5.41, 5.74) is 9.37. The number of carbonyl (C=O) groups excluding carboxylic acids is 1. The van der Waals surface area contributed by atoms with Gasteiger partial charge in [-0.2, -0.15) is 0 Å². The second kappa shape index (κ2) is 4.05. The van der Waals surface area contributed by atoms with Crippen molar-refractivity contribution in [3.8, 4) is 0 Å². The van der Waals surface area contributed by atoms with Gasteiger partial charge in [0.1, 0.15) is 0 Å². The number of benzene rings is 1. The van der Waals surface area contributed by atoms with Gasteiger partial charge in [-0.15, -0.1) is 0 Å². The van der Waals surface area contributed by atoms with Crippen LogP contribution in [0.2, 0.25) is 0 Å². The molecule has 1 atom stereocenters. The second-order valence-corrected chi connectivity index (χ2v) is 4.29. The molecule has 0 bridgehead atoms. The molecule has 1 aliphatic rings. The molecule has 2 rings (SSSR count). The van der Waals surface area contributed by atoms with Crippen LogP contribution in [0.25, 0.3) is 0 Å². The van der Waals surface area contributed by atoms with Crippen molar-refractivity contribution in [2.45, 2.75) is 38.5 Å². The number of rotatable bonds is 3. The molecule has 0 aromatic heterocycles. The molecule has 2 heteroatoms. The predicted octanol–water partition coefficient (Wildman–Crippen LogP) is 2.15. The number of fused-ring (bicyclic) bond motifs is 1. The first-order valence-electron chi connectivity index (χ1n) is 5.60. The van der Waals surface area contributed by atoms with Gasteiger partial charge in [0.2, 0.25) is 5.91 Å². The van der Waals surface area contributed by atoms with Crippen LogP contribution in [0.1, 0.15) is 42.4 Å². The predicted molar refractivity (Wildman–Crippen MR) is 60.7 cm³/mol. The third-order valence-electron chi connectivity index (χ3n) is 3.27. The van der Waals surface area contributed by atoms with Crippen molar-refractivity contribution in [2.24, 2.45) is 5.73 Å². The largest absolute Gasteiger partial charge is 0.370 e. The number of primary amides is 1. The van der Waals surface area contributed by atoms with Crippen molar-refractivity contribution >= 4 is 5.91 Å². The molecule has 0 saturated heterocycles. The van der Waals surface area contributed by atoms with E-state index >= 15 is 0 Å². The maximum Gasteiger partial charge on any atom is 0.218 e. The Morgan fingerprint density at radius 3 is 3.00 bits per heavy atom. The number of hydrogen-bond acceptors (Lipinski definition) is 1. The number of carbonyl (C=O) groups is 1. The van der Waals surface area contributed by atoms with E-state index in [9.17, 15) is 4.79 Å². The summed E-state index contributed by atoms with van der Waals surface area (Å²) in [5.74, 6) is 0.179. The van der Waals surface area contributed by atoms with E-state index < -0.39 is 0 Å². The lowest BCUT2D eigenvalue weighted by molar-refractivity contribution is -0.118. The molecule has 0 aliphatic heterocycles. The van der Waals surface area contributed by atoms with Crippen LogP contribution >= 0.6 is 0 Å². The van der Waals surface area contributed by atoms with Crippen molar-refractivity contribution in [2.75, 3.05) is 0 Å². The van der Waals surface area contributed by atoms with Crippen molar-refractivity contribution in [1.29, 1.82) is 0 Å². The Balaban J connectivity index is 2.27. The first kappa shape index (κ1) is 10.2. The van der Waals surface area contributed by atoms with Crippen LogP contribution in [0.4, 0.5) is 0 Å². The topological polar surface area (TPSA) is 43.1 Å². The summed E-state index contributed by atoms with van der Waals surface area (Å²) in [6, 6.07) is 6.64. The zero-order chi connectivity index (χ0) is 10.8. The Hall–Kier alpha value is -1.31. The Bertz CT molecular complexity index is 384. The molecule has 0 saturated carbocycles.